The van der Waals surface area contributed by atoms with Gasteiger partial charge in [0.2, 0.25) is 0 Å². The lowest BCUT2D eigenvalue weighted by molar-refractivity contribution is -0.135. The van der Waals surface area contributed by atoms with Crippen LogP contribution in [0.25, 0.3) is 0 Å². The third-order valence-corrected chi connectivity index (χ3v) is 4.10. The van der Waals surface area contributed by atoms with Gasteiger partial charge in [-0.3, -0.25) is 4.79 Å². The van der Waals surface area contributed by atoms with Crippen molar-refractivity contribution in [2.75, 3.05) is 7.11 Å². The third-order valence-electron chi connectivity index (χ3n) is 4.10. The molecule has 2 aromatic rings. The van der Waals surface area contributed by atoms with Gasteiger partial charge in [0.05, 0.1) is 12.8 Å². The second kappa shape index (κ2) is 7.37. The number of hydrogen-bond acceptors (Lipinski definition) is 4. The van der Waals surface area contributed by atoms with Crippen molar-refractivity contribution in [1.29, 1.82) is 0 Å². The minimum atomic E-state index is -0.713. The first-order valence-electron chi connectivity index (χ1n) is 8.29. The largest absolute Gasteiger partial charge is 0.512 e. The molecule has 27 heavy (non-hydrogen) atoms. The van der Waals surface area contributed by atoms with Crippen LogP contribution in [-0.4, -0.2) is 35.6 Å². The van der Waals surface area contributed by atoms with Crippen LogP contribution in [-0.2, 0) is 9.53 Å². The first-order valence-corrected chi connectivity index (χ1v) is 8.29. The topological polar surface area (TPSA) is 88.3 Å². The number of allylic oxidation sites excluding steroid dienone is 1. The molecule has 0 unspecified atom stereocenters. The molecule has 0 aromatic heterocycles. The summed E-state index contributed by atoms with van der Waals surface area (Å²) in [6.07, 6.45) is 0. The minimum absolute atomic E-state index is 0.0573. The second-order valence-electron chi connectivity index (χ2n) is 6.07. The summed E-state index contributed by atoms with van der Waals surface area (Å²) in [4.78, 5) is 33.2. The Kier molecular flexibility index (Phi) is 4.98. The van der Waals surface area contributed by atoms with E-state index in [4.69, 9.17) is 4.74 Å². The van der Waals surface area contributed by atoms with Crippen LogP contribution in [0.4, 0.5) is 0 Å². The van der Waals surface area contributed by atoms with Gasteiger partial charge in [0.15, 0.2) is 5.84 Å². The van der Waals surface area contributed by atoms with E-state index < -0.39 is 11.9 Å². The van der Waals surface area contributed by atoms with Gasteiger partial charge in [0, 0.05) is 16.7 Å². The Morgan fingerprint density at radius 3 is 2.41 bits per heavy atom. The highest BCUT2D eigenvalue weighted by Crippen LogP contribution is 2.25. The molecule has 1 amide bonds. The molecule has 6 heteroatoms. The lowest BCUT2D eigenvalue weighted by Gasteiger charge is -2.07. The van der Waals surface area contributed by atoms with Gasteiger partial charge in [-0.05, 0) is 26.0 Å². The van der Waals surface area contributed by atoms with Crippen LogP contribution < -0.4 is 0 Å². The van der Waals surface area contributed by atoms with Crippen LogP contribution in [0.2, 0.25) is 0 Å². The molecule has 2 aromatic carbocycles. The van der Waals surface area contributed by atoms with Gasteiger partial charge in [-0.2, -0.15) is 4.99 Å². The molecule has 0 saturated carbocycles. The van der Waals surface area contributed by atoms with Gasteiger partial charge < -0.3 is 9.84 Å². The van der Waals surface area contributed by atoms with E-state index in [1.165, 1.54) is 14.0 Å². The Bertz CT molecular complexity index is 1030. The van der Waals surface area contributed by atoms with Crippen molar-refractivity contribution in [3.63, 3.8) is 0 Å². The van der Waals surface area contributed by atoms with Crippen molar-refractivity contribution in [3.8, 4) is 0 Å². The lowest BCUT2D eigenvalue weighted by Crippen LogP contribution is -2.16. The molecule has 1 heterocycles. The first-order chi connectivity index (χ1) is 12.9. The normalized spacial score (nSPS) is 15.1. The van der Waals surface area contributed by atoms with Crippen molar-refractivity contribution in [1.82, 2.24) is 0 Å². The molecule has 0 radical (unpaired) electrons. The molecule has 1 aliphatic rings. The summed E-state index contributed by atoms with van der Waals surface area (Å²) < 4.78 is 4.76. The molecule has 0 fully saturated rings. The number of carbonyl (C=O) groups excluding carboxylic acids is 2. The number of aryl methyl sites for hydroxylation is 1. The van der Waals surface area contributed by atoms with Gasteiger partial charge in [0.25, 0.3) is 5.91 Å². The van der Waals surface area contributed by atoms with Crippen LogP contribution in [0.15, 0.2) is 69.8 Å². The number of esters is 1. The van der Waals surface area contributed by atoms with E-state index in [-0.39, 0.29) is 22.9 Å². The predicted molar refractivity (Wildman–Crippen MR) is 102 cm³/mol. The van der Waals surface area contributed by atoms with E-state index in [1.54, 1.807) is 42.5 Å². The van der Waals surface area contributed by atoms with E-state index in [2.05, 4.69) is 9.98 Å². The fourth-order valence-corrected chi connectivity index (χ4v) is 2.84. The highest BCUT2D eigenvalue weighted by molar-refractivity contribution is 6.36. The zero-order valence-corrected chi connectivity index (χ0v) is 15.2. The van der Waals surface area contributed by atoms with Crippen molar-refractivity contribution in [3.05, 3.63) is 82.1 Å². The molecule has 0 spiro atoms. The number of methoxy groups -OCH3 is 1. The summed E-state index contributed by atoms with van der Waals surface area (Å²) in [5, 5.41) is 9.97. The Labute approximate surface area is 156 Å². The average molecular weight is 362 g/mol. The summed E-state index contributed by atoms with van der Waals surface area (Å²) in [6, 6.07) is 14.2. The summed E-state index contributed by atoms with van der Waals surface area (Å²) >= 11 is 0. The molecule has 0 bridgehead atoms. The van der Waals surface area contributed by atoms with E-state index >= 15 is 0 Å². The molecule has 0 aliphatic carbocycles. The van der Waals surface area contributed by atoms with Crippen LogP contribution in [0.3, 0.4) is 0 Å². The first kappa shape index (κ1) is 18.3. The van der Waals surface area contributed by atoms with Gasteiger partial charge >= 0.3 is 5.97 Å². The van der Waals surface area contributed by atoms with Crippen LogP contribution in [0.5, 0.6) is 0 Å². The summed E-state index contributed by atoms with van der Waals surface area (Å²) in [5.74, 6) is -1.18. The van der Waals surface area contributed by atoms with Crippen molar-refractivity contribution < 1.29 is 19.4 Å². The maximum absolute atomic E-state index is 12.6. The number of carbonyl (C=O) groups is 2. The van der Waals surface area contributed by atoms with Gasteiger partial charge in [-0.15, -0.1) is 0 Å². The maximum Gasteiger partial charge on any atom is 0.343 e. The number of benzene rings is 2. The average Bonchev–Trinajstić information content (AvgIpc) is 3.00. The monoisotopic (exact) mass is 362 g/mol. The molecule has 0 saturated heterocycles. The number of hydrogen-bond donors (Lipinski definition) is 1. The number of rotatable bonds is 3. The number of aliphatic imine (C=N–C) groups is 2. The predicted octanol–water partition coefficient (Wildman–Crippen LogP) is 3.39. The van der Waals surface area contributed by atoms with Crippen molar-refractivity contribution in [2.24, 2.45) is 9.98 Å². The zero-order valence-electron chi connectivity index (χ0n) is 15.2. The Morgan fingerprint density at radius 2 is 1.78 bits per heavy atom. The Hall–Kier alpha value is -3.54. The van der Waals surface area contributed by atoms with Gasteiger partial charge in [-0.25, -0.2) is 9.79 Å². The van der Waals surface area contributed by atoms with Crippen LogP contribution >= 0.6 is 0 Å². The van der Waals surface area contributed by atoms with Crippen molar-refractivity contribution in [2.45, 2.75) is 13.8 Å². The van der Waals surface area contributed by atoms with E-state index in [9.17, 15) is 14.7 Å². The number of amidine groups is 1. The SMILES string of the molecule is COC(=O)C(C1=NC(=NC(=O)c2cccc(C)c2)c2ccccc21)=C(C)O. The summed E-state index contributed by atoms with van der Waals surface area (Å²) in [6.45, 7) is 3.27. The summed E-state index contributed by atoms with van der Waals surface area (Å²) in [5.41, 5.74) is 2.78. The van der Waals surface area contributed by atoms with Crippen molar-refractivity contribution >= 4 is 23.4 Å². The minimum Gasteiger partial charge on any atom is -0.512 e. The lowest BCUT2D eigenvalue weighted by atomic mass is 9.99. The molecular weight excluding hydrogens is 344 g/mol. The highest BCUT2D eigenvalue weighted by atomic mass is 16.5. The van der Waals surface area contributed by atoms with E-state index in [1.807, 2.05) is 13.0 Å². The fourth-order valence-electron chi connectivity index (χ4n) is 2.84. The number of nitrogens with zero attached hydrogens (tertiary/aromatic N) is 2. The number of ether oxygens (including phenoxy) is 1. The highest BCUT2D eigenvalue weighted by Gasteiger charge is 2.30. The van der Waals surface area contributed by atoms with Crippen LogP contribution in [0.1, 0.15) is 34.0 Å². The maximum atomic E-state index is 12.6. The molecule has 0 atom stereocenters. The molecule has 1 N–H and O–H groups in total. The fraction of sp³-hybridized carbons (Fsp3) is 0.143. The molecule has 3 rings (SSSR count). The standard InChI is InChI=1S/C21H18N2O4/c1-12-7-6-8-14(11-12)20(25)23-19-16-10-5-4-9-15(16)18(22-19)17(13(2)24)21(26)27-3/h4-11,24H,1-3H3. The smallest absolute Gasteiger partial charge is 0.343 e. The van der Waals surface area contributed by atoms with Gasteiger partial charge in [0.1, 0.15) is 11.3 Å². The molecule has 136 valence electrons. The Morgan fingerprint density at radius 1 is 1.07 bits per heavy atom. The number of fused-ring (bicyclic) bond motifs is 1. The summed E-state index contributed by atoms with van der Waals surface area (Å²) in [7, 11) is 1.23. The van der Waals surface area contributed by atoms with Crippen LogP contribution in [0, 0.1) is 6.92 Å². The molecular formula is C21H18N2O4. The number of aliphatic hydroxyl groups excluding tert-OH is 1. The Balaban J connectivity index is 2.12. The quantitative estimate of drug-likeness (QED) is 0.515. The van der Waals surface area contributed by atoms with E-state index in [0.717, 1.165) is 5.56 Å². The second-order valence-corrected chi connectivity index (χ2v) is 6.07. The number of amides is 1. The number of aliphatic hydroxyl groups is 1. The van der Waals surface area contributed by atoms with E-state index in [0.29, 0.717) is 16.7 Å². The molecule has 6 nitrogen and oxygen atoms in total. The molecule has 1 aliphatic heterocycles. The van der Waals surface area contributed by atoms with Gasteiger partial charge in [-0.1, -0.05) is 42.0 Å². The zero-order chi connectivity index (χ0) is 19.6. The third kappa shape index (κ3) is 3.55.